The maximum atomic E-state index is 14.0. The van der Waals surface area contributed by atoms with Gasteiger partial charge in [-0.25, -0.2) is 19.2 Å². The number of halogens is 1. The van der Waals surface area contributed by atoms with Crippen molar-refractivity contribution in [3.63, 3.8) is 0 Å². The van der Waals surface area contributed by atoms with Gasteiger partial charge in [-0.15, -0.1) is 0 Å². The molecule has 2 aromatic carbocycles. The van der Waals surface area contributed by atoms with Gasteiger partial charge in [0.2, 0.25) is 5.95 Å². The Kier molecular flexibility index (Phi) is 5.28. The third kappa shape index (κ3) is 3.71. The van der Waals surface area contributed by atoms with E-state index >= 15 is 0 Å². The number of ether oxygens (including phenoxy) is 2. The van der Waals surface area contributed by atoms with Gasteiger partial charge in [-0.2, -0.15) is 4.98 Å². The Balaban J connectivity index is 1.43. The molecular formula is C27H25FN6O3. The van der Waals surface area contributed by atoms with Gasteiger partial charge < -0.3 is 9.47 Å². The zero-order valence-electron chi connectivity index (χ0n) is 20.1. The third-order valence-corrected chi connectivity index (χ3v) is 7.44. The molecule has 1 fully saturated rings. The van der Waals surface area contributed by atoms with Crippen molar-refractivity contribution >= 4 is 22.2 Å². The van der Waals surface area contributed by atoms with Crippen LogP contribution in [-0.2, 0) is 11.3 Å². The second kappa shape index (κ2) is 8.81. The first-order valence-corrected chi connectivity index (χ1v) is 12.6. The van der Waals surface area contributed by atoms with Crippen molar-refractivity contribution in [2.75, 3.05) is 19.8 Å². The Bertz CT molecular complexity index is 1680. The van der Waals surface area contributed by atoms with E-state index in [9.17, 15) is 9.18 Å². The minimum Gasteiger partial charge on any atom is -0.493 e. The standard InChI is InChI=1S/C27H25FN6O3/c28-18-5-6-20-22(13-18)33(16-30-20)26-29-14-23-25(31-26)34(21-9-12-37-24-4-2-1-3-19(21)24)27(35)32(23)15-17-7-10-36-11-8-17/h1-6,13-14,16-17,21H,7-12,15H2/t21-/m1/s1. The molecule has 188 valence electrons. The summed E-state index contributed by atoms with van der Waals surface area (Å²) in [5, 5.41) is 0. The number of nitrogens with zero attached hydrogens (tertiary/aromatic N) is 6. The van der Waals surface area contributed by atoms with Gasteiger partial charge in [0.25, 0.3) is 0 Å². The molecule has 0 bridgehead atoms. The minimum atomic E-state index is -0.367. The van der Waals surface area contributed by atoms with E-state index in [1.807, 2.05) is 24.3 Å². The van der Waals surface area contributed by atoms with Crippen LogP contribution in [-0.4, -0.2) is 48.5 Å². The molecule has 2 aliphatic heterocycles. The van der Waals surface area contributed by atoms with Crippen molar-refractivity contribution in [2.45, 2.75) is 31.8 Å². The van der Waals surface area contributed by atoms with E-state index in [-0.39, 0.29) is 17.5 Å². The molecule has 0 unspecified atom stereocenters. The first-order valence-electron chi connectivity index (χ1n) is 12.6. The van der Waals surface area contributed by atoms with Crippen molar-refractivity contribution < 1.29 is 13.9 Å². The molecule has 0 N–H and O–H groups in total. The zero-order valence-corrected chi connectivity index (χ0v) is 20.1. The van der Waals surface area contributed by atoms with Gasteiger partial charge in [-0.3, -0.25) is 13.7 Å². The van der Waals surface area contributed by atoms with Crippen LogP contribution in [0.4, 0.5) is 4.39 Å². The monoisotopic (exact) mass is 500 g/mol. The van der Waals surface area contributed by atoms with Gasteiger partial charge in [-0.05, 0) is 37.0 Å². The van der Waals surface area contributed by atoms with Gasteiger partial charge >= 0.3 is 5.69 Å². The van der Waals surface area contributed by atoms with E-state index in [4.69, 9.17) is 14.5 Å². The Hall–Kier alpha value is -4.05. The molecule has 37 heavy (non-hydrogen) atoms. The van der Waals surface area contributed by atoms with Gasteiger partial charge in [0, 0.05) is 37.8 Å². The number of hydrogen-bond acceptors (Lipinski definition) is 6. The summed E-state index contributed by atoms with van der Waals surface area (Å²) in [6, 6.07) is 12.0. The first-order chi connectivity index (χ1) is 18.2. The summed E-state index contributed by atoms with van der Waals surface area (Å²) in [6.07, 6.45) is 5.74. The lowest BCUT2D eigenvalue weighted by atomic mass is 10.0. The molecule has 5 aromatic rings. The number of hydrogen-bond donors (Lipinski definition) is 0. The molecule has 3 aromatic heterocycles. The molecule has 0 spiro atoms. The van der Waals surface area contributed by atoms with Crippen LogP contribution in [0.2, 0.25) is 0 Å². The van der Waals surface area contributed by atoms with E-state index in [0.29, 0.717) is 66.8 Å². The minimum absolute atomic E-state index is 0.115. The summed E-state index contributed by atoms with van der Waals surface area (Å²) in [6.45, 7) is 2.50. The lowest BCUT2D eigenvalue weighted by Crippen LogP contribution is -2.33. The number of benzene rings is 2. The quantitative estimate of drug-likeness (QED) is 0.372. The molecule has 0 aliphatic carbocycles. The predicted octanol–water partition coefficient (Wildman–Crippen LogP) is 3.87. The van der Waals surface area contributed by atoms with Crippen molar-refractivity contribution in [3.8, 4) is 11.7 Å². The van der Waals surface area contributed by atoms with Crippen molar-refractivity contribution in [2.24, 2.45) is 5.92 Å². The summed E-state index contributed by atoms with van der Waals surface area (Å²) < 4.78 is 30.7. The Morgan fingerprint density at radius 2 is 1.86 bits per heavy atom. The van der Waals surface area contributed by atoms with E-state index < -0.39 is 0 Å². The molecule has 1 atom stereocenters. The fourth-order valence-corrected chi connectivity index (χ4v) is 5.54. The highest BCUT2D eigenvalue weighted by Crippen LogP contribution is 2.35. The zero-order chi connectivity index (χ0) is 24.9. The summed E-state index contributed by atoms with van der Waals surface area (Å²) in [4.78, 5) is 27.9. The van der Waals surface area contributed by atoms with Gasteiger partial charge in [0.15, 0.2) is 5.65 Å². The van der Waals surface area contributed by atoms with Crippen molar-refractivity contribution in [1.29, 1.82) is 0 Å². The first kappa shape index (κ1) is 22.2. The van der Waals surface area contributed by atoms with Crippen LogP contribution in [0.1, 0.15) is 30.9 Å². The predicted molar refractivity (Wildman–Crippen MR) is 135 cm³/mol. The molecule has 1 saturated heterocycles. The molecule has 5 heterocycles. The van der Waals surface area contributed by atoms with Crippen LogP contribution in [0.5, 0.6) is 5.75 Å². The van der Waals surface area contributed by atoms with Crippen LogP contribution in [0.25, 0.3) is 28.1 Å². The maximum absolute atomic E-state index is 14.0. The second-order valence-electron chi connectivity index (χ2n) is 9.64. The van der Waals surface area contributed by atoms with E-state index in [1.165, 1.54) is 12.1 Å². The lowest BCUT2D eigenvalue weighted by Gasteiger charge is -2.26. The van der Waals surface area contributed by atoms with Gasteiger partial charge in [0.05, 0.1) is 29.9 Å². The van der Waals surface area contributed by atoms with Crippen molar-refractivity contribution in [3.05, 3.63) is 76.9 Å². The molecular weight excluding hydrogens is 475 g/mol. The Morgan fingerprint density at radius 1 is 1.00 bits per heavy atom. The SMILES string of the molecule is O=c1n(CC2CCOCC2)c2cnc(-n3cnc4ccc(F)cc43)nc2n1[C@@H]1CCOc2ccccc21. The summed E-state index contributed by atoms with van der Waals surface area (Å²) >= 11 is 0. The highest BCUT2D eigenvalue weighted by Gasteiger charge is 2.29. The largest absolute Gasteiger partial charge is 0.493 e. The van der Waals surface area contributed by atoms with Crippen LogP contribution < -0.4 is 10.4 Å². The third-order valence-electron chi connectivity index (χ3n) is 7.44. The number of para-hydroxylation sites is 1. The number of rotatable bonds is 4. The summed E-state index contributed by atoms with van der Waals surface area (Å²) in [7, 11) is 0. The number of aromatic nitrogens is 6. The van der Waals surface area contributed by atoms with Crippen LogP contribution in [0.3, 0.4) is 0 Å². The second-order valence-corrected chi connectivity index (χ2v) is 9.64. The normalized spacial score (nSPS) is 18.2. The molecule has 0 amide bonds. The topological polar surface area (TPSA) is 89.0 Å². The van der Waals surface area contributed by atoms with Crippen molar-refractivity contribution in [1.82, 2.24) is 28.7 Å². The van der Waals surface area contributed by atoms with Crippen LogP contribution >= 0.6 is 0 Å². The van der Waals surface area contributed by atoms with Gasteiger partial charge in [0.1, 0.15) is 23.4 Å². The lowest BCUT2D eigenvalue weighted by molar-refractivity contribution is 0.0612. The summed E-state index contributed by atoms with van der Waals surface area (Å²) in [5.41, 5.74) is 3.26. The number of fused-ring (bicyclic) bond motifs is 3. The summed E-state index contributed by atoms with van der Waals surface area (Å²) in [5.74, 6) is 1.08. The average Bonchev–Trinajstić information content (AvgIpc) is 3.47. The molecule has 0 radical (unpaired) electrons. The van der Waals surface area contributed by atoms with Crippen LogP contribution in [0.15, 0.2) is 59.8 Å². The smallest absolute Gasteiger partial charge is 0.330 e. The molecule has 7 rings (SSSR count). The maximum Gasteiger partial charge on any atom is 0.330 e. The Labute approximate surface area is 211 Å². The molecule has 0 saturated carbocycles. The molecule has 2 aliphatic rings. The van der Waals surface area contributed by atoms with E-state index in [0.717, 1.165) is 24.2 Å². The fraction of sp³-hybridized carbons (Fsp3) is 0.333. The van der Waals surface area contributed by atoms with Crippen LogP contribution in [0, 0.1) is 11.7 Å². The molecule has 9 nitrogen and oxygen atoms in total. The average molecular weight is 501 g/mol. The fourth-order valence-electron chi connectivity index (χ4n) is 5.54. The highest BCUT2D eigenvalue weighted by atomic mass is 19.1. The Morgan fingerprint density at radius 3 is 2.76 bits per heavy atom. The van der Waals surface area contributed by atoms with E-state index in [2.05, 4.69) is 9.97 Å². The number of imidazole rings is 2. The van der Waals surface area contributed by atoms with Gasteiger partial charge in [-0.1, -0.05) is 18.2 Å². The highest BCUT2D eigenvalue weighted by molar-refractivity contribution is 5.78. The molecule has 10 heteroatoms. The van der Waals surface area contributed by atoms with E-state index in [1.54, 1.807) is 32.3 Å².